The van der Waals surface area contributed by atoms with Crippen molar-refractivity contribution < 1.29 is 9.21 Å². The van der Waals surface area contributed by atoms with E-state index in [1.807, 2.05) is 23.4 Å². The van der Waals surface area contributed by atoms with Gasteiger partial charge in [-0.2, -0.15) is 0 Å². The minimum absolute atomic E-state index is 0.0776. The van der Waals surface area contributed by atoms with Crippen LogP contribution in [0.3, 0.4) is 0 Å². The van der Waals surface area contributed by atoms with Gasteiger partial charge in [0.15, 0.2) is 5.16 Å². The lowest BCUT2D eigenvalue weighted by atomic mass is 9.94. The van der Waals surface area contributed by atoms with E-state index < -0.39 is 0 Å². The average molecular weight is 444 g/mol. The zero-order chi connectivity index (χ0) is 21.1. The maximum atomic E-state index is 13.3. The molecule has 158 valence electrons. The summed E-state index contributed by atoms with van der Waals surface area (Å²) in [5, 5.41) is 2.99. The minimum Gasteiger partial charge on any atom is -0.464 e. The van der Waals surface area contributed by atoms with Crippen molar-refractivity contribution in [3.63, 3.8) is 0 Å². The summed E-state index contributed by atoms with van der Waals surface area (Å²) in [6, 6.07) is 3.96. The number of hydrogen-bond acceptors (Lipinski definition) is 6. The van der Waals surface area contributed by atoms with Crippen molar-refractivity contribution in [2.75, 3.05) is 12.8 Å². The van der Waals surface area contributed by atoms with E-state index in [9.17, 15) is 9.59 Å². The summed E-state index contributed by atoms with van der Waals surface area (Å²) in [6.45, 7) is 4.11. The van der Waals surface area contributed by atoms with E-state index in [2.05, 4.69) is 6.58 Å². The highest BCUT2D eigenvalue weighted by molar-refractivity contribution is 7.99. The number of carbonyl (C=O) groups excluding carboxylic acids is 1. The van der Waals surface area contributed by atoms with Crippen molar-refractivity contribution in [3.8, 4) is 11.3 Å². The van der Waals surface area contributed by atoms with Crippen LogP contribution in [0.5, 0.6) is 0 Å². The number of hydrogen-bond donors (Lipinski definition) is 0. The van der Waals surface area contributed by atoms with Crippen molar-refractivity contribution >= 4 is 39.2 Å². The van der Waals surface area contributed by atoms with Crippen LogP contribution in [0, 0.1) is 0 Å². The summed E-state index contributed by atoms with van der Waals surface area (Å²) >= 11 is 2.73. The lowest BCUT2D eigenvalue weighted by Crippen LogP contribution is -2.39. The summed E-state index contributed by atoms with van der Waals surface area (Å²) in [4.78, 5) is 33.3. The molecule has 0 bridgehead atoms. The smallest absolute Gasteiger partial charge is 0.263 e. The number of aromatic nitrogens is 2. The molecule has 1 fully saturated rings. The standard InChI is InChI=1S/C22H25N3O3S2/c1-3-11-25-21(27)19-16(17-10-7-12-28-17)13-29-20(19)23-22(25)30-14-18(26)24(2)15-8-5-4-6-9-15/h3,7,10,12-13,15H,1,4-6,8-9,11,14H2,2H3. The van der Waals surface area contributed by atoms with E-state index in [1.54, 1.807) is 23.0 Å². The third-order valence-corrected chi connectivity index (χ3v) is 7.43. The van der Waals surface area contributed by atoms with Gasteiger partial charge in [0, 0.05) is 30.6 Å². The van der Waals surface area contributed by atoms with Crippen molar-refractivity contribution in [2.45, 2.75) is 49.8 Å². The first kappa shape index (κ1) is 20.9. The Balaban J connectivity index is 1.60. The number of furan rings is 1. The molecule has 0 N–H and O–H groups in total. The van der Waals surface area contributed by atoms with Crippen molar-refractivity contribution in [1.29, 1.82) is 0 Å². The van der Waals surface area contributed by atoms with E-state index in [1.165, 1.54) is 42.4 Å². The summed E-state index contributed by atoms with van der Waals surface area (Å²) in [7, 11) is 1.89. The lowest BCUT2D eigenvalue weighted by Gasteiger charge is -2.31. The number of thiophene rings is 1. The third-order valence-electron chi connectivity index (χ3n) is 5.60. The van der Waals surface area contributed by atoms with Gasteiger partial charge in [0.25, 0.3) is 5.56 Å². The molecule has 0 aromatic carbocycles. The summed E-state index contributed by atoms with van der Waals surface area (Å²) in [5.41, 5.74) is 0.614. The van der Waals surface area contributed by atoms with E-state index >= 15 is 0 Å². The van der Waals surface area contributed by atoms with Crippen LogP contribution in [-0.4, -0.2) is 39.2 Å². The van der Waals surface area contributed by atoms with Crippen LogP contribution in [0.4, 0.5) is 0 Å². The topological polar surface area (TPSA) is 68.3 Å². The van der Waals surface area contributed by atoms with E-state index in [0.717, 1.165) is 18.4 Å². The van der Waals surface area contributed by atoms with Crippen LogP contribution < -0.4 is 5.56 Å². The Morgan fingerprint density at radius 3 is 2.93 bits per heavy atom. The van der Waals surface area contributed by atoms with E-state index in [0.29, 0.717) is 33.7 Å². The van der Waals surface area contributed by atoms with Crippen LogP contribution in [0.25, 0.3) is 21.5 Å². The van der Waals surface area contributed by atoms with Crippen LogP contribution in [0.1, 0.15) is 32.1 Å². The molecule has 0 aliphatic heterocycles. The maximum absolute atomic E-state index is 13.3. The molecule has 1 aliphatic rings. The number of rotatable bonds is 7. The first-order chi connectivity index (χ1) is 14.6. The largest absolute Gasteiger partial charge is 0.464 e. The average Bonchev–Trinajstić information content (AvgIpc) is 3.44. The Bertz CT molecular complexity index is 1090. The zero-order valence-electron chi connectivity index (χ0n) is 17.0. The van der Waals surface area contributed by atoms with Gasteiger partial charge in [-0.25, -0.2) is 4.98 Å². The predicted octanol–water partition coefficient (Wildman–Crippen LogP) is 4.79. The molecule has 3 aromatic heterocycles. The Kier molecular flexibility index (Phi) is 6.43. The van der Waals surface area contributed by atoms with Crippen LogP contribution in [0.15, 0.2) is 50.8 Å². The highest BCUT2D eigenvalue weighted by Gasteiger charge is 2.23. The van der Waals surface area contributed by atoms with Gasteiger partial charge in [-0.05, 0) is 25.0 Å². The van der Waals surface area contributed by atoms with Crippen molar-refractivity contribution in [2.24, 2.45) is 0 Å². The molecule has 0 radical (unpaired) electrons. The van der Waals surface area contributed by atoms with Crippen LogP contribution in [-0.2, 0) is 11.3 Å². The van der Waals surface area contributed by atoms with Crippen LogP contribution in [0.2, 0.25) is 0 Å². The minimum atomic E-state index is -0.136. The molecule has 0 saturated heterocycles. The van der Waals surface area contributed by atoms with Crippen molar-refractivity contribution in [3.05, 3.63) is 46.8 Å². The molecule has 6 nitrogen and oxygen atoms in total. The molecular weight excluding hydrogens is 418 g/mol. The first-order valence-electron chi connectivity index (χ1n) is 10.2. The fourth-order valence-electron chi connectivity index (χ4n) is 3.92. The SMILES string of the molecule is C=CCn1c(SCC(=O)N(C)C2CCCCC2)nc2scc(-c3ccco3)c2c1=O. The van der Waals surface area contributed by atoms with Gasteiger partial charge in [0.1, 0.15) is 10.6 Å². The summed E-state index contributed by atoms with van der Waals surface area (Å²) in [6.07, 6.45) is 9.03. The Morgan fingerprint density at radius 2 is 2.23 bits per heavy atom. The molecule has 0 atom stereocenters. The quantitative estimate of drug-likeness (QED) is 0.298. The number of carbonyl (C=O) groups is 1. The second kappa shape index (κ2) is 9.22. The highest BCUT2D eigenvalue weighted by atomic mass is 32.2. The second-order valence-electron chi connectivity index (χ2n) is 7.49. The number of allylic oxidation sites excluding steroid dienone is 1. The van der Waals surface area contributed by atoms with Crippen LogP contribution >= 0.6 is 23.1 Å². The van der Waals surface area contributed by atoms with E-state index in [4.69, 9.17) is 9.40 Å². The molecule has 1 aliphatic carbocycles. The van der Waals surface area contributed by atoms with Gasteiger partial charge in [0.2, 0.25) is 5.91 Å². The number of fused-ring (bicyclic) bond motifs is 1. The predicted molar refractivity (Wildman–Crippen MR) is 122 cm³/mol. The second-order valence-corrected chi connectivity index (χ2v) is 9.29. The maximum Gasteiger partial charge on any atom is 0.263 e. The highest BCUT2D eigenvalue weighted by Crippen LogP contribution is 2.32. The molecule has 1 saturated carbocycles. The number of thioether (sulfide) groups is 1. The fraction of sp³-hybridized carbons (Fsp3) is 0.409. The summed E-state index contributed by atoms with van der Waals surface area (Å²) in [5.74, 6) is 0.988. The zero-order valence-corrected chi connectivity index (χ0v) is 18.6. The lowest BCUT2D eigenvalue weighted by molar-refractivity contribution is -0.129. The third kappa shape index (κ3) is 4.11. The number of nitrogens with zero attached hydrogens (tertiary/aromatic N) is 3. The Morgan fingerprint density at radius 1 is 1.43 bits per heavy atom. The fourth-order valence-corrected chi connectivity index (χ4v) is 5.82. The molecule has 3 aromatic rings. The molecule has 0 unspecified atom stereocenters. The molecule has 30 heavy (non-hydrogen) atoms. The molecule has 8 heteroatoms. The molecular formula is C22H25N3O3S2. The number of amides is 1. The monoisotopic (exact) mass is 443 g/mol. The molecule has 1 amide bonds. The van der Waals surface area contributed by atoms with Gasteiger partial charge in [0.05, 0.1) is 17.4 Å². The molecule has 4 rings (SSSR count). The first-order valence-corrected chi connectivity index (χ1v) is 12.0. The van der Waals surface area contributed by atoms with Gasteiger partial charge in [-0.15, -0.1) is 17.9 Å². The Labute approximate surface area is 183 Å². The van der Waals surface area contributed by atoms with Gasteiger partial charge in [-0.3, -0.25) is 14.2 Å². The normalized spacial score (nSPS) is 14.8. The van der Waals surface area contributed by atoms with E-state index in [-0.39, 0.29) is 17.2 Å². The molecule has 0 spiro atoms. The van der Waals surface area contributed by atoms with Crippen molar-refractivity contribution in [1.82, 2.24) is 14.5 Å². The van der Waals surface area contributed by atoms with Gasteiger partial charge < -0.3 is 9.32 Å². The van der Waals surface area contributed by atoms with Gasteiger partial charge >= 0.3 is 0 Å². The van der Waals surface area contributed by atoms with Gasteiger partial charge in [-0.1, -0.05) is 37.1 Å². The molecule has 3 heterocycles. The summed E-state index contributed by atoms with van der Waals surface area (Å²) < 4.78 is 7.08. The Hall–Kier alpha value is -2.32.